The Morgan fingerprint density at radius 3 is 2.85 bits per heavy atom. The molecule has 0 radical (unpaired) electrons. The van der Waals surface area contributed by atoms with E-state index >= 15 is 0 Å². The molecule has 3 heterocycles. The van der Waals surface area contributed by atoms with Gasteiger partial charge in [-0.25, -0.2) is 0 Å². The fourth-order valence-corrected chi connectivity index (χ4v) is 4.08. The highest BCUT2D eigenvalue weighted by Gasteiger charge is 2.29. The third-order valence-corrected chi connectivity index (χ3v) is 5.17. The second-order valence-corrected chi connectivity index (χ2v) is 6.82. The van der Waals surface area contributed by atoms with Crippen LogP contribution in [0.5, 0.6) is 0 Å². The summed E-state index contributed by atoms with van der Waals surface area (Å²) in [4.78, 5) is 3.90. The molecule has 0 saturated heterocycles. The first-order valence-corrected chi connectivity index (χ1v) is 8.04. The summed E-state index contributed by atoms with van der Waals surface area (Å²) in [6.07, 6.45) is 1.10. The molecular weight excluding hydrogens is 268 g/mol. The van der Waals surface area contributed by atoms with Crippen molar-refractivity contribution < 1.29 is 0 Å². The standard InChI is InChI=1S/C15H22N4S/c1-9(2)14-13(16)15(18(4)17-14)19-7-5-12-11(10(19)3)6-8-20-12/h6,8-10H,5,7,16H2,1-4H3. The van der Waals surface area contributed by atoms with Gasteiger partial charge in [-0.1, -0.05) is 13.8 Å². The Kier molecular flexibility index (Phi) is 3.24. The molecule has 0 bridgehead atoms. The topological polar surface area (TPSA) is 47.1 Å². The van der Waals surface area contributed by atoms with E-state index in [2.05, 4.69) is 42.2 Å². The van der Waals surface area contributed by atoms with Gasteiger partial charge < -0.3 is 10.6 Å². The van der Waals surface area contributed by atoms with E-state index in [4.69, 9.17) is 5.73 Å². The van der Waals surface area contributed by atoms with E-state index in [-0.39, 0.29) is 0 Å². The Balaban J connectivity index is 2.03. The van der Waals surface area contributed by atoms with Crippen molar-refractivity contribution in [3.63, 3.8) is 0 Å². The van der Waals surface area contributed by atoms with Crippen molar-refractivity contribution >= 4 is 22.8 Å². The van der Waals surface area contributed by atoms with Crippen LogP contribution in [-0.4, -0.2) is 16.3 Å². The van der Waals surface area contributed by atoms with E-state index in [9.17, 15) is 0 Å². The van der Waals surface area contributed by atoms with Gasteiger partial charge >= 0.3 is 0 Å². The largest absolute Gasteiger partial charge is 0.394 e. The molecule has 0 fully saturated rings. The van der Waals surface area contributed by atoms with Crippen LogP contribution in [-0.2, 0) is 13.5 Å². The monoisotopic (exact) mass is 290 g/mol. The second-order valence-electron chi connectivity index (χ2n) is 5.82. The van der Waals surface area contributed by atoms with Crippen LogP contribution in [0.4, 0.5) is 11.5 Å². The lowest BCUT2D eigenvalue weighted by Gasteiger charge is -2.35. The van der Waals surface area contributed by atoms with Gasteiger partial charge in [-0.15, -0.1) is 11.3 Å². The van der Waals surface area contributed by atoms with Crippen molar-refractivity contribution in [1.82, 2.24) is 9.78 Å². The number of fused-ring (bicyclic) bond motifs is 1. The number of aryl methyl sites for hydroxylation is 1. The summed E-state index contributed by atoms with van der Waals surface area (Å²) in [6.45, 7) is 7.54. The lowest BCUT2D eigenvalue weighted by atomic mass is 10.0. The summed E-state index contributed by atoms with van der Waals surface area (Å²) in [6, 6.07) is 2.61. The van der Waals surface area contributed by atoms with E-state index in [0.717, 1.165) is 30.2 Å². The summed E-state index contributed by atoms with van der Waals surface area (Å²) in [5.41, 5.74) is 9.66. The lowest BCUT2D eigenvalue weighted by molar-refractivity contribution is 0.598. The van der Waals surface area contributed by atoms with Gasteiger partial charge in [0, 0.05) is 18.5 Å². The van der Waals surface area contributed by atoms with Crippen LogP contribution in [0.2, 0.25) is 0 Å². The number of hydrogen-bond donors (Lipinski definition) is 1. The maximum absolute atomic E-state index is 6.37. The van der Waals surface area contributed by atoms with Crippen LogP contribution >= 0.6 is 11.3 Å². The molecule has 0 amide bonds. The predicted octanol–water partition coefficient (Wildman–Crippen LogP) is 3.31. The van der Waals surface area contributed by atoms with E-state index < -0.39 is 0 Å². The zero-order chi connectivity index (χ0) is 14.4. The number of aromatic nitrogens is 2. The zero-order valence-electron chi connectivity index (χ0n) is 12.6. The molecule has 1 unspecified atom stereocenters. The third kappa shape index (κ3) is 1.92. The minimum atomic E-state index is 0.353. The molecule has 20 heavy (non-hydrogen) atoms. The molecule has 2 aromatic rings. The quantitative estimate of drug-likeness (QED) is 0.923. The zero-order valence-corrected chi connectivity index (χ0v) is 13.4. The summed E-state index contributed by atoms with van der Waals surface area (Å²) in [5.74, 6) is 1.42. The van der Waals surface area contributed by atoms with Gasteiger partial charge in [0.15, 0.2) is 5.82 Å². The van der Waals surface area contributed by atoms with Crippen LogP contribution in [0, 0.1) is 0 Å². The first kappa shape index (κ1) is 13.5. The molecular formula is C15H22N4S. The summed E-state index contributed by atoms with van der Waals surface area (Å²) in [7, 11) is 1.99. The lowest BCUT2D eigenvalue weighted by Crippen LogP contribution is -2.34. The summed E-state index contributed by atoms with van der Waals surface area (Å²) in [5, 5.41) is 6.81. The first-order valence-electron chi connectivity index (χ1n) is 7.16. The Morgan fingerprint density at radius 2 is 2.20 bits per heavy atom. The van der Waals surface area contributed by atoms with Crippen molar-refractivity contribution in [1.29, 1.82) is 0 Å². The number of hydrogen-bond acceptors (Lipinski definition) is 4. The SMILES string of the molecule is CC(C)c1nn(C)c(N2CCc3sccc3C2C)c1N. The summed E-state index contributed by atoms with van der Waals surface area (Å²) >= 11 is 1.86. The average molecular weight is 290 g/mol. The molecule has 5 heteroatoms. The number of thiophene rings is 1. The molecule has 0 saturated carbocycles. The van der Waals surface area contributed by atoms with Crippen molar-refractivity contribution in [2.24, 2.45) is 7.05 Å². The summed E-state index contributed by atoms with van der Waals surface area (Å²) < 4.78 is 1.94. The van der Waals surface area contributed by atoms with Gasteiger partial charge in [0.05, 0.1) is 17.4 Å². The van der Waals surface area contributed by atoms with Crippen LogP contribution in [0.3, 0.4) is 0 Å². The highest BCUT2D eigenvalue weighted by atomic mass is 32.1. The molecule has 2 aromatic heterocycles. The molecule has 1 atom stereocenters. The van der Waals surface area contributed by atoms with Gasteiger partial charge in [-0.3, -0.25) is 4.68 Å². The van der Waals surface area contributed by atoms with Gasteiger partial charge in [0.25, 0.3) is 0 Å². The molecule has 108 valence electrons. The number of rotatable bonds is 2. The first-order chi connectivity index (χ1) is 9.50. The Morgan fingerprint density at radius 1 is 1.45 bits per heavy atom. The minimum Gasteiger partial charge on any atom is -0.394 e. The normalized spacial score (nSPS) is 18.6. The van der Waals surface area contributed by atoms with Crippen LogP contribution in [0.1, 0.15) is 48.9 Å². The molecule has 1 aliphatic heterocycles. The maximum Gasteiger partial charge on any atom is 0.150 e. The molecule has 4 nitrogen and oxygen atoms in total. The fraction of sp³-hybridized carbons (Fsp3) is 0.533. The highest BCUT2D eigenvalue weighted by Crippen LogP contribution is 2.39. The van der Waals surface area contributed by atoms with E-state index in [0.29, 0.717) is 12.0 Å². The van der Waals surface area contributed by atoms with E-state index in [1.807, 2.05) is 23.1 Å². The Labute approximate surface area is 124 Å². The van der Waals surface area contributed by atoms with Crippen LogP contribution < -0.4 is 10.6 Å². The third-order valence-electron chi connectivity index (χ3n) is 4.18. The van der Waals surface area contributed by atoms with Crippen LogP contribution in [0.25, 0.3) is 0 Å². The fourth-order valence-electron chi connectivity index (χ4n) is 3.12. The molecule has 3 rings (SSSR count). The molecule has 0 aliphatic carbocycles. The second kappa shape index (κ2) is 4.81. The maximum atomic E-state index is 6.37. The average Bonchev–Trinajstić information content (AvgIpc) is 2.97. The van der Waals surface area contributed by atoms with Crippen LogP contribution in [0.15, 0.2) is 11.4 Å². The smallest absolute Gasteiger partial charge is 0.150 e. The van der Waals surface area contributed by atoms with Crippen molar-refractivity contribution in [2.45, 2.75) is 39.2 Å². The van der Waals surface area contributed by atoms with Gasteiger partial charge in [0.2, 0.25) is 0 Å². The predicted molar refractivity (Wildman–Crippen MR) is 85.5 cm³/mol. The van der Waals surface area contributed by atoms with Crippen molar-refractivity contribution in [3.05, 3.63) is 27.6 Å². The molecule has 2 N–H and O–H groups in total. The van der Waals surface area contributed by atoms with Gasteiger partial charge in [-0.2, -0.15) is 5.10 Å². The van der Waals surface area contributed by atoms with E-state index in [1.54, 1.807) is 0 Å². The Bertz CT molecular complexity index is 626. The van der Waals surface area contributed by atoms with Gasteiger partial charge in [-0.05, 0) is 36.3 Å². The molecule has 0 spiro atoms. The number of nitrogens with two attached hydrogens (primary N) is 1. The Hall–Kier alpha value is -1.49. The minimum absolute atomic E-state index is 0.353. The highest BCUT2D eigenvalue weighted by molar-refractivity contribution is 7.10. The number of nitrogens with zero attached hydrogens (tertiary/aromatic N) is 3. The molecule has 1 aliphatic rings. The van der Waals surface area contributed by atoms with Gasteiger partial charge in [0.1, 0.15) is 0 Å². The molecule has 0 aromatic carbocycles. The number of nitrogen functional groups attached to an aromatic ring is 1. The van der Waals surface area contributed by atoms with E-state index in [1.165, 1.54) is 10.4 Å². The number of anilines is 2. The van der Waals surface area contributed by atoms with Crippen molar-refractivity contribution in [3.8, 4) is 0 Å². The van der Waals surface area contributed by atoms with Crippen molar-refractivity contribution in [2.75, 3.05) is 17.2 Å².